The van der Waals surface area contributed by atoms with E-state index in [1.54, 1.807) is 0 Å². The van der Waals surface area contributed by atoms with Crippen LogP contribution in [0.4, 0.5) is 18.3 Å². The zero-order valence-electron chi connectivity index (χ0n) is 17.1. The summed E-state index contributed by atoms with van der Waals surface area (Å²) in [5.74, 6) is 0.526. The lowest BCUT2D eigenvalue weighted by Gasteiger charge is -2.14. The fourth-order valence-electron chi connectivity index (χ4n) is 2.78. The number of aromatic nitrogens is 2. The van der Waals surface area contributed by atoms with Gasteiger partial charge in [-0.1, -0.05) is 29.5 Å². The molecule has 3 rings (SSSR count). The number of hydrogen-bond acceptors (Lipinski definition) is 8. The predicted molar refractivity (Wildman–Crippen MR) is 111 cm³/mol. The molecule has 0 amide bonds. The molecule has 0 spiro atoms. The second kappa shape index (κ2) is 9.20. The van der Waals surface area contributed by atoms with Gasteiger partial charge < -0.3 is 14.2 Å². The lowest BCUT2D eigenvalue weighted by atomic mass is 10.1. The van der Waals surface area contributed by atoms with E-state index in [2.05, 4.69) is 14.9 Å². The van der Waals surface area contributed by atoms with Crippen molar-refractivity contribution >= 4 is 26.5 Å². The minimum absolute atomic E-state index is 0.0410. The Morgan fingerprint density at radius 1 is 1.00 bits per heavy atom. The first kappa shape index (κ1) is 23.6. The molecule has 8 nitrogen and oxygen atoms in total. The molecule has 0 fully saturated rings. The van der Waals surface area contributed by atoms with Gasteiger partial charge in [0, 0.05) is 18.6 Å². The molecule has 0 aliphatic carbocycles. The van der Waals surface area contributed by atoms with Gasteiger partial charge in [0.05, 0.1) is 31.8 Å². The highest BCUT2D eigenvalue weighted by Gasteiger charge is 2.30. The topological polar surface area (TPSA) is 99.6 Å². The van der Waals surface area contributed by atoms with Gasteiger partial charge in [0.1, 0.15) is 5.01 Å². The minimum atomic E-state index is -4.46. The smallest absolute Gasteiger partial charge is 0.416 e. The number of ether oxygens (including phenoxy) is 3. The summed E-state index contributed by atoms with van der Waals surface area (Å²) in [4.78, 5) is -0.165. The maximum absolute atomic E-state index is 12.9. The average Bonchev–Trinajstić information content (AvgIpc) is 3.17. The van der Waals surface area contributed by atoms with E-state index >= 15 is 0 Å². The SMILES string of the molecule is COc1cc(S(=O)(=O)Nc2nnc(Cc3cccc(C(F)(F)F)c3)s2)cc(OC)c1OC. The summed E-state index contributed by atoms with van der Waals surface area (Å²) in [6.45, 7) is 0. The number of anilines is 1. The van der Waals surface area contributed by atoms with Crippen molar-refractivity contribution in [1.82, 2.24) is 10.2 Å². The minimum Gasteiger partial charge on any atom is -0.493 e. The van der Waals surface area contributed by atoms with Gasteiger partial charge in [-0.3, -0.25) is 4.72 Å². The van der Waals surface area contributed by atoms with Crippen molar-refractivity contribution in [1.29, 1.82) is 0 Å². The lowest BCUT2D eigenvalue weighted by molar-refractivity contribution is -0.137. The molecule has 0 saturated carbocycles. The number of halogens is 3. The van der Waals surface area contributed by atoms with E-state index in [1.807, 2.05) is 0 Å². The number of benzene rings is 2. The molecule has 1 aromatic heterocycles. The Morgan fingerprint density at radius 2 is 1.66 bits per heavy atom. The highest BCUT2D eigenvalue weighted by atomic mass is 32.2. The van der Waals surface area contributed by atoms with Gasteiger partial charge in [-0.2, -0.15) is 13.2 Å². The standard InChI is InChI=1S/C19H18F3N3O5S2/c1-28-14-9-13(10-15(29-2)17(14)30-3)32(26,27)25-18-24-23-16(31-18)8-11-5-4-6-12(7-11)19(20,21)22/h4-7,9-10H,8H2,1-3H3,(H,24,25). The summed E-state index contributed by atoms with van der Waals surface area (Å²) in [7, 11) is -0.000443. The van der Waals surface area contributed by atoms with Gasteiger partial charge in [0.15, 0.2) is 11.5 Å². The highest BCUT2D eigenvalue weighted by molar-refractivity contribution is 7.93. The van der Waals surface area contributed by atoms with Gasteiger partial charge in [-0.15, -0.1) is 10.2 Å². The Balaban J connectivity index is 1.82. The zero-order chi connectivity index (χ0) is 23.5. The first-order valence-electron chi connectivity index (χ1n) is 8.88. The van der Waals surface area contributed by atoms with Crippen LogP contribution in [0.15, 0.2) is 41.3 Å². The average molecular weight is 489 g/mol. The molecule has 172 valence electrons. The molecule has 0 bridgehead atoms. The third kappa shape index (κ3) is 5.22. The van der Waals surface area contributed by atoms with Crippen LogP contribution in [0.2, 0.25) is 0 Å². The van der Waals surface area contributed by atoms with Crippen LogP contribution < -0.4 is 18.9 Å². The van der Waals surface area contributed by atoms with E-state index in [0.29, 0.717) is 10.6 Å². The maximum atomic E-state index is 12.9. The molecule has 0 aliphatic rings. The number of alkyl halides is 3. The van der Waals surface area contributed by atoms with E-state index in [1.165, 1.54) is 45.6 Å². The fraction of sp³-hybridized carbons (Fsp3) is 0.263. The van der Waals surface area contributed by atoms with Crippen LogP contribution in [0, 0.1) is 0 Å². The molecule has 1 heterocycles. The summed E-state index contributed by atoms with van der Waals surface area (Å²) in [6, 6.07) is 7.33. The number of nitrogens with zero attached hydrogens (tertiary/aromatic N) is 2. The van der Waals surface area contributed by atoms with E-state index < -0.39 is 21.8 Å². The van der Waals surface area contributed by atoms with Crippen molar-refractivity contribution in [2.24, 2.45) is 0 Å². The van der Waals surface area contributed by atoms with Crippen molar-refractivity contribution in [3.63, 3.8) is 0 Å². The first-order chi connectivity index (χ1) is 15.1. The molecule has 32 heavy (non-hydrogen) atoms. The van der Waals surface area contributed by atoms with Gasteiger partial charge in [-0.25, -0.2) is 8.42 Å². The highest BCUT2D eigenvalue weighted by Crippen LogP contribution is 2.40. The van der Waals surface area contributed by atoms with Crippen LogP contribution in [-0.2, 0) is 22.6 Å². The second-order valence-corrected chi connectivity index (χ2v) is 9.09. The Bertz CT molecular complexity index is 1190. The normalized spacial score (nSPS) is 11.8. The van der Waals surface area contributed by atoms with Crippen LogP contribution in [0.25, 0.3) is 0 Å². The first-order valence-corrected chi connectivity index (χ1v) is 11.2. The number of hydrogen-bond donors (Lipinski definition) is 1. The Morgan fingerprint density at radius 3 is 2.22 bits per heavy atom. The van der Waals surface area contributed by atoms with Crippen molar-refractivity contribution < 1.29 is 35.8 Å². The van der Waals surface area contributed by atoms with Crippen molar-refractivity contribution in [3.8, 4) is 17.2 Å². The Kier molecular flexibility index (Phi) is 6.79. The lowest BCUT2D eigenvalue weighted by Crippen LogP contribution is -2.13. The van der Waals surface area contributed by atoms with Crippen LogP contribution in [0.1, 0.15) is 16.1 Å². The summed E-state index contributed by atoms with van der Waals surface area (Å²) in [6.07, 6.45) is -4.40. The number of methoxy groups -OCH3 is 3. The summed E-state index contributed by atoms with van der Waals surface area (Å²) >= 11 is 0.909. The zero-order valence-corrected chi connectivity index (χ0v) is 18.7. The van der Waals surface area contributed by atoms with Gasteiger partial charge in [-0.05, 0) is 11.6 Å². The van der Waals surface area contributed by atoms with E-state index in [0.717, 1.165) is 23.5 Å². The van der Waals surface area contributed by atoms with Crippen LogP contribution in [-0.4, -0.2) is 39.9 Å². The Labute approximate surface area is 186 Å². The second-order valence-electron chi connectivity index (χ2n) is 6.34. The molecular formula is C19H18F3N3O5S2. The van der Waals surface area contributed by atoms with Crippen molar-refractivity contribution in [2.45, 2.75) is 17.5 Å². The predicted octanol–water partition coefficient (Wildman–Crippen LogP) is 3.97. The molecule has 13 heteroatoms. The quantitative estimate of drug-likeness (QED) is 0.511. The van der Waals surface area contributed by atoms with Crippen molar-refractivity contribution in [3.05, 3.63) is 52.5 Å². The summed E-state index contributed by atoms with van der Waals surface area (Å²) < 4.78 is 82.1. The molecule has 0 saturated heterocycles. The van der Waals surface area contributed by atoms with Gasteiger partial charge in [0.25, 0.3) is 10.0 Å². The maximum Gasteiger partial charge on any atom is 0.416 e. The van der Waals surface area contributed by atoms with Crippen LogP contribution in [0.3, 0.4) is 0 Å². The number of rotatable bonds is 8. The molecular weight excluding hydrogens is 471 g/mol. The number of sulfonamides is 1. The Hall–Kier alpha value is -3.06. The molecule has 0 atom stereocenters. The van der Waals surface area contributed by atoms with E-state index in [-0.39, 0.29) is 33.7 Å². The third-order valence-electron chi connectivity index (χ3n) is 4.25. The summed E-state index contributed by atoms with van der Waals surface area (Å²) in [5.41, 5.74) is -0.405. The molecule has 0 radical (unpaired) electrons. The molecule has 0 aliphatic heterocycles. The fourth-order valence-corrected chi connectivity index (χ4v) is 4.82. The molecule has 1 N–H and O–H groups in total. The van der Waals surface area contributed by atoms with Crippen molar-refractivity contribution in [2.75, 3.05) is 26.1 Å². The molecule has 0 unspecified atom stereocenters. The van der Waals surface area contributed by atoms with E-state index in [4.69, 9.17) is 14.2 Å². The van der Waals surface area contributed by atoms with E-state index in [9.17, 15) is 21.6 Å². The largest absolute Gasteiger partial charge is 0.493 e. The monoisotopic (exact) mass is 489 g/mol. The van der Waals surface area contributed by atoms with Crippen LogP contribution in [0.5, 0.6) is 17.2 Å². The molecule has 3 aromatic rings. The molecule has 2 aromatic carbocycles. The van der Waals surface area contributed by atoms with Gasteiger partial charge >= 0.3 is 6.18 Å². The van der Waals surface area contributed by atoms with Crippen LogP contribution >= 0.6 is 11.3 Å². The summed E-state index contributed by atoms with van der Waals surface area (Å²) in [5, 5.41) is 7.95. The number of nitrogens with one attached hydrogen (secondary N) is 1. The van der Waals surface area contributed by atoms with Gasteiger partial charge in [0.2, 0.25) is 10.9 Å². The third-order valence-corrected chi connectivity index (χ3v) is 6.53.